The summed E-state index contributed by atoms with van der Waals surface area (Å²) in [5, 5.41) is 5.10. The van der Waals surface area contributed by atoms with Crippen molar-refractivity contribution in [2.45, 2.75) is 32.7 Å². The third kappa shape index (κ3) is 5.86. The van der Waals surface area contributed by atoms with E-state index in [9.17, 15) is 9.59 Å². The molecule has 0 aliphatic carbocycles. The lowest BCUT2D eigenvalue weighted by molar-refractivity contribution is -0.130. The molecular weight excluding hydrogens is 510 g/mol. The lowest BCUT2D eigenvalue weighted by Crippen LogP contribution is -2.49. The first-order chi connectivity index (χ1) is 17.9. The van der Waals surface area contributed by atoms with Gasteiger partial charge in [-0.1, -0.05) is 29.6 Å². The van der Waals surface area contributed by atoms with Crippen molar-refractivity contribution in [1.29, 1.82) is 0 Å². The number of carbonyl (C=O) groups excluding carboxylic acids is 2. The molecule has 3 aliphatic rings. The number of likely N-dealkylation sites (tertiary alicyclic amines) is 1. The third-order valence-corrected chi connectivity index (χ3v) is 8.83. The molecule has 5 rings (SSSR count). The van der Waals surface area contributed by atoms with E-state index in [1.807, 2.05) is 22.1 Å². The molecule has 0 bridgehead atoms. The highest BCUT2D eigenvalue weighted by Gasteiger charge is 2.41. The fraction of sp³-hybridized carbons (Fsp3) is 0.577. The zero-order valence-electron chi connectivity index (χ0n) is 21.7. The van der Waals surface area contributed by atoms with Crippen LogP contribution >= 0.6 is 23.5 Å². The van der Waals surface area contributed by atoms with Crippen LogP contribution in [0.15, 0.2) is 30.5 Å². The van der Waals surface area contributed by atoms with Crippen molar-refractivity contribution >= 4 is 47.0 Å². The second-order valence-electron chi connectivity index (χ2n) is 10.5. The van der Waals surface area contributed by atoms with Gasteiger partial charge in [0, 0.05) is 84.3 Å². The largest absolute Gasteiger partial charge is 0.370 e. The summed E-state index contributed by atoms with van der Waals surface area (Å²) in [7, 11) is 0. The van der Waals surface area contributed by atoms with Crippen LogP contribution in [0, 0.1) is 5.41 Å². The van der Waals surface area contributed by atoms with Gasteiger partial charge in [-0.05, 0) is 42.4 Å². The van der Waals surface area contributed by atoms with Gasteiger partial charge in [-0.15, -0.1) is 5.10 Å². The molecule has 200 valence electrons. The van der Waals surface area contributed by atoms with Crippen molar-refractivity contribution in [3.05, 3.63) is 41.0 Å². The Hall–Kier alpha value is -2.43. The lowest BCUT2D eigenvalue weighted by Gasteiger charge is -2.39. The van der Waals surface area contributed by atoms with Crippen molar-refractivity contribution in [1.82, 2.24) is 24.5 Å². The summed E-state index contributed by atoms with van der Waals surface area (Å²) in [6.07, 6.45) is 6.92. The van der Waals surface area contributed by atoms with E-state index in [4.69, 9.17) is 11.6 Å². The molecule has 1 aromatic heterocycles. The Bertz CT molecular complexity index is 1130. The maximum absolute atomic E-state index is 12.8. The fourth-order valence-electron chi connectivity index (χ4n) is 5.83. The molecule has 1 aromatic carbocycles. The van der Waals surface area contributed by atoms with Crippen molar-refractivity contribution in [3.63, 3.8) is 0 Å². The molecule has 1 N–H and O–H groups in total. The standard InChI is InChI=1S/C26H36ClN7O2S/c1-20(35)31-10-6-26(7-11-31)8-12-33(19-26)23-17-21(3-4-22(23)27)18-30-13-15-32(16-14-30)25(36)34-9-5-24(28-34)29-37-2/h3-5,9,17H,6-8,10-16,18-19H2,1-2H3,(H,28,29). The van der Waals surface area contributed by atoms with Crippen LogP contribution in [0.2, 0.25) is 5.02 Å². The third-order valence-electron chi connectivity index (χ3n) is 8.10. The molecule has 2 aromatic rings. The molecule has 0 radical (unpaired) electrons. The van der Waals surface area contributed by atoms with Gasteiger partial charge < -0.3 is 19.4 Å². The molecule has 11 heteroatoms. The molecule has 3 saturated heterocycles. The Kier molecular flexibility index (Phi) is 7.88. The van der Waals surface area contributed by atoms with E-state index >= 15 is 0 Å². The molecular formula is C26H36ClN7O2S. The zero-order chi connectivity index (χ0) is 26.0. The smallest absolute Gasteiger partial charge is 0.344 e. The SMILES string of the molecule is CSNc1ccn(C(=O)N2CCN(Cc3ccc(Cl)c(N4CCC5(CCN(C(C)=O)CC5)C4)c3)CC2)n1. The van der Waals surface area contributed by atoms with E-state index in [0.29, 0.717) is 18.9 Å². The van der Waals surface area contributed by atoms with Crippen LogP contribution < -0.4 is 9.62 Å². The van der Waals surface area contributed by atoms with Gasteiger partial charge in [-0.25, -0.2) is 4.79 Å². The quantitative estimate of drug-likeness (QED) is 0.572. The average Bonchev–Trinajstić information content (AvgIpc) is 3.53. The monoisotopic (exact) mass is 545 g/mol. The average molecular weight is 546 g/mol. The van der Waals surface area contributed by atoms with Gasteiger partial charge in [0.25, 0.3) is 0 Å². The summed E-state index contributed by atoms with van der Waals surface area (Å²) in [4.78, 5) is 33.2. The summed E-state index contributed by atoms with van der Waals surface area (Å²) in [6, 6.07) is 8.10. The highest BCUT2D eigenvalue weighted by Crippen LogP contribution is 2.43. The lowest BCUT2D eigenvalue weighted by atomic mass is 9.78. The second-order valence-corrected chi connectivity index (χ2v) is 11.5. The number of piperidine rings is 1. The summed E-state index contributed by atoms with van der Waals surface area (Å²) in [5.74, 6) is 0.869. The van der Waals surface area contributed by atoms with Gasteiger partial charge in [-0.3, -0.25) is 9.69 Å². The topological polar surface area (TPSA) is 77.0 Å². The van der Waals surface area contributed by atoms with E-state index in [-0.39, 0.29) is 17.4 Å². The predicted molar refractivity (Wildman–Crippen MR) is 149 cm³/mol. The van der Waals surface area contributed by atoms with E-state index in [2.05, 4.69) is 31.8 Å². The predicted octanol–water partition coefficient (Wildman–Crippen LogP) is 3.85. The first-order valence-electron chi connectivity index (χ1n) is 13.0. The number of nitrogens with one attached hydrogen (secondary N) is 1. The number of amides is 2. The van der Waals surface area contributed by atoms with Crippen molar-refractivity contribution < 1.29 is 9.59 Å². The number of anilines is 2. The van der Waals surface area contributed by atoms with Gasteiger partial charge in [-0.2, -0.15) is 4.68 Å². The number of rotatable bonds is 5. The van der Waals surface area contributed by atoms with E-state index in [1.54, 1.807) is 19.2 Å². The van der Waals surface area contributed by atoms with Crippen LogP contribution in [0.1, 0.15) is 31.7 Å². The Labute approximate surface area is 228 Å². The molecule has 0 unspecified atom stereocenters. The van der Waals surface area contributed by atoms with Crippen LogP contribution in [0.5, 0.6) is 0 Å². The summed E-state index contributed by atoms with van der Waals surface area (Å²) in [6.45, 7) is 9.23. The second kappa shape index (κ2) is 11.1. The summed E-state index contributed by atoms with van der Waals surface area (Å²) in [5.41, 5.74) is 2.65. The first-order valence-corrected chi connectivity index (χ1v) is 14.6. The first kappa shape index (κ1) is 26.2. The summed E-state index contributed by atoms with van der Waals surface area (Å²) < 4.78 is 4.46. The van der Waals surface area contributed by atoms with E-state index in [1.165, 1.54) is 22.2 Å². The van der Waals surface area contributed by atoms with Gasteiger partial charge in [0.15, 0.2) is 5.82 Å². The molecule has 0 atom stereocenters. The van der Waals surface area contributed by atoms with Crippen molar-refractivity contribution in [3.8, 4) is 0 Å². The minimum atomic E-state index is -0.0836. The molecule has 2 amide bonds. The van der Waals surface area contributed by atoms with Crippen molar-refractivity contribution in [2.24, 2.45) is 5.41 Å². The van der Waals surface area contributed by atoms with Crippen LogP contribution in [0.4, 0.5) is 16.3 Å². The van der Waals surface area contributed by atoms with E-state index < -0.39 is 0 Å². The minimum Gasteiger partial charge on any atom is -0.370 e. The zero-order valence-corrected chi connectivity index (χ0v) is 23.2. The molecule has 3 fully saturated rings. The number of hydrogen-bond acceptors (Lipinski definition) is 7. The van der Waals surface area contributed by atoms with Crippen molar-refractivity contribution in [2.75, 3.05) is 68.2 Å². The van der Waals surface area contributed by atoms with Gasteiger partial charge in [0.05, 0.1) is 10.7 Å². The van der Waals surface area contributed by atoms with Crippen LogP contribution in [0.3, 0.4) is 0 Å². The number of hydrogen-bond donors (Lipinski definition) is 1. The molecule has 0 saturated carbocycles. The number of benzene rings is 1. The van der Waals surface area contributed by atoms with E-state index in [0.717, 1.165) is 75.8 Å². The number of aromatic nitrogens is 2. The molecule has 3 aliphatic heterocycles. The number of carbonyl (C=O) groups is 2. The Balaban J connectivity index is 1.16. The van der Waals surface area contributed by atoms with Gasteiger partial charge >= 0.3 is 6.03 Å². The number of nitrogens with zero attached hydrogens (tertiary/aromatic N) is 6. The highest BCUT2D eigenvalue weighted by atomic mass is 35.5. The fourth-order valence-corrected chi connectivity index (χ4v) is 6.39. The number of halogens is 1. The van der Waals surface area contributed by atoms with Crippen LogP contribution in [0.25, 0.3) is 0 Å². The Morgan fingerprint density at radius 2 is 1.76 bits per heavy atom. The molecule has 9 nitrogen and oxygen atoms in total. The minimum absolute atomic E-state index is 0.0836. The Morgan fingerprint density at radius 1 is 1.03 bits per heavy atom. The maximum Gasteiger partial charge on any atom is 0.344 e. The normalized spacial score (nSPS) is 20.0. The van der Waals surface area contributed by atoms with Crippen LogP contribution in [-0.4, -0.2) is 95.0 Å². The Morgan fingerprint density at radius 3 is 2.46 bits per heavy atom. The summed E-state index contributed by atoms with van der Waals surface area (Å²) >= 11 is 8.13. The molecule has 4 heterocycles. The highest BCUT2D eigenvalue weighted by molar-refractivity contribution is 7.99. The molecule has 1 spiro atoms. The molecule has 37 heavy (non-hydrogen) atoms. The van der Waals surface area contributed by atoms with Gasteiger partial charge in [0.1, 0.15) is 0 Å². The number of piperazine rings is 1. The maximum atomic E-state index is 12.8. The van der Waals surface area contributed by atoms with Crippen LogP contribution in [-0.2, 0) is 11.3 Å². The van der Waals surface area contributed by atoms with Gasteiger partial charge in [0.2, 0.25) is 5.91 Å².